The number of aromatic amines is 1. The second kappa shape index (κ2) is 7.26. The van der Waals surface area contributed by atoms with Crippen molar-refractivity contribution in [2.24, 2.45) is 0 Å². The van der Waals surface area contributed by atoms with Gasteiger partial charge in [-0.15, -0.1) is 0 Å². The van der Waals surface area contributed by atoms with E-state index >= 15 is 0 Å². The minimum absolute atomic E-state index is 0.346. The Labute approximate surface area is 158 Å². The lowest BCUT2D eigenvalue weighted by Crippen LogP contribution is -2.34. The molecule has 0 radical (unpaired) electrons. The molecule has 0 bridgehead atoms. The van der Waals surface area contributed by atoms with Crippen LogP contribution in [0.5, 0.6) is 0 Å². The topological polar surface area (TPSA) is 49.0 Å². The van der Waals surface area contributed by atoms with Gasteiger partial charge < -0.3 is 4.90 Å². The lowest BCUT2D eigenvalue weighted by atomic mass is 10.0. The Morgan fingerprint density at radius 1 is 1.29 bits per heavy atom. The molecule has 1 aromatic carbocycles. The van der Waals surface area contributed by atoms with Crippen molar-refractivity contribution in [1.82, 2.24) is 15.1 Å². The highest BCUT2D eigenvalue weighted by atomic mass is 35.5. The summed E-state index contributed by atoms with van der Waals surface area (Å²) in [5.74, 6) is -4.15. The molecule has 12 heteroatoms. The summed E-state index contributed by atoms with van der Waals surface area (Å²) in [6.07, 6.45) is -7.56. The lowest BCUT2D eigenvalue weighted by Gasteiger charge is -2.25. The van der Waals surface area contributed by atoms with Crippen molar-refractivity contribution in [2.45, 2.75) is 38.0 Å². The van der Waals surface area contributed by atoms with Gasteiger partial charge in [0.25, 0.3) is 12.3 Å². The van der Waals surface area contributed by atoms with Gasteiger partial charge in [-0.1, -0.05) is 11.6 Å². The predicted octanol–water partition coefficient (Wildman–Crippen LogP) is 5.10. The standard InChI is InChI=1S/C16H11ClF7N3O/c17-9-4-3-8(16(22,23)24)7(11(9)18)5-27(6-1-2-6)15(28)10-12(13(19)20)25-26-14(10)21/h3-4,6,13H,1-2,5H2,(H,25,26). The number of alkyl halides is 5. The minimum atomic E-state index is -4.95. The number of H-pyrrole nitrogens is 1. The molecule has 1 aromatic heterocycles. The van der Waals surface area contributed by atoms with Crippen molar-refractivity contribution in [2.75, 3.05) is 0 Å². The van der Waals surface area contributed by atoms with Crippen LogP contribution in [0.25, 0.3) is 0 Å². The van der Waals surface area contributed by atoms with E-state index in [4.69, 9.17) is 11.6 Å². The van der Waals surface area contributed by atoms with Crippen molar-refractivity contribution in [3.63, 3.8) is 0 Å². The molecule has 1 aliphatic rings. The second-order valence-electron chi connectivity index (χ2n) is 6.15. The Kier molecular flexibility index (Phi) is 5.30. The molecule has 1 heterocycles. The fourth-order valence-electron chi connectivity index (χ4n) is 2.77. The van der Waals surface area contributed by atoms with Gasteiger partial charge in [-0.05, 0) is 25.0 Å². The summed E-state index contributed by atoms with van der Waals surface area (Å²) in [5.41, 5.74) is -4.55. The summed E-state index contributed by atoms with van der Waals surface area (Å²) in [7, 11) is 0. The van der Waals surface area contributed by atoms with E-state index in [2.05, 4.69) is 5.10 Å². The summed E-state index contributed by atoms with van der Waals surface area (Å²) in [6.45, 7) is -0.919. The van der Waals surface area contributed by atoms with Gasteiger partial charge >= 0.3 is 6.18 Å². The van der Waals surface area contributed by atoms with Crippen LogP contribution in [0, 0.1) is 11.8 Å². The number of halogens is 8. The van der Waals surface area contributed by atoms with Gasteiger partial charge in [-0.3, -0.25) is 9.89 Å². The number of benzene rings is 1. The Morgan fingerprint density at radius 2 is 1.93 bits per heavy atom. The first-order valence-corrected chi connectivity index (χ1v) is 8.27. The van der Waals surface area contributed by atoms with Crippen molar-refractivity contribution in [3.8, 4) is 0 Å². The highest BCUT2D eigenvalue weighted by molar-refractivity contribution is 6.30. The largest absolute Gasteiger partial charge is 0.416 e. The first-order valence-electron chi connectivity index (χ1n) is 7.89. The highest BCUT2D eigenvalue weighted by Crippen LogP contribution is 2.38. The summed E-state index contributed by atoms with van der Waals surface area (Å²) in [5, 5.41) is 4.03. The number of nitrogens with one attached hydrogen (secondary N) is 1. The number of hydrogen-bond donors (Lipinski definition) is 1. The summed E-state index contributed by atoms with van der Waals surface area (Å²) in [4.78, 5) is 13.4. The molecule has 152 valence electrons. The third kappa shape index (κ3) is 3.80. The molecule has 0 spiro atoms. The molecule has 1 fully saturated rings. The molecular formula is C16H11ClF7N3O. The van der Waals surface area contributed by atoms with Crippen LogP contribution in [0.4, 0.5) is 30.7 Å². The van der Waals surface area contributed by atoms with Crippen LogP contribution < -0.4 is 0 Å². The highest BCUT2D eigenvalue weighted by Gasteiger charge is 2.41. The molecule has 1 amide bonds. The zero-order valence-electron chi connectivity index (χ0n) is 13.8. The van der Waals surface area contributed by atoms with Crippen LogP contribution in [0.3, 0.4) is 0 Å². The maximum atomic E-state index is 14.3. The van der Waals surface area contributed by atoms with E-state index in [-0.39, 0.29) is 0 Å². The maximum Gasteiger partial charge on any atom is 0.416 e. The first-order chi connectivity index (χ1) is 13.0. The van der Waals surface area contributed by atoms with Crippen molar-refractivity contribution in [3.05, 3.63) is 51.3 Å². The Morgan fingerprint density at radius 3 is 2.46 bits per heavy atom. The number of aromatic nitrogens is 2. The lowest BCUT2D eigenvalue weighted by molar-refractivity contribution is -0.138. The van der Waals surface area contributed by atoms with E-state index in [1.807, 2.05) is 0 Å². The van der Waals surface area contributed by atoms with E-state index in [1.165, 1.54) is 0 Å². The Balaban J connectivity index is 2.04. The molecule has 28 heavy (non-hydrogen) atoms. The summed E-state index contributed by atoms with van der Waals surface area (Å²) in [6, 6.07) is 0.628. The number of carbonyl (C=O) groups excluding carboxylic acids is 1. The second-order valence-corrected chi connectivity index (χ2v) is 6.56. The zero-order valence-corrected chi connectivity index (χ0v) is 14.5. The molecule has 2 aromatic rings. The number of nitrogens with zero attached hydrogens (tertiary/aromatic N) is 2. The third-order valence-corrected chi connectivity index (χ3v) is 4.54. The monoisotopic (exact) mass is 429 g/mol. The quantitative estimate of drug-likeness (QED) is 0.672. The smallest absolute Gasteiger partial charge is 0.331 e. The number of rotatable bonds is 5. The average molecular weight is 430 g/mol. The molecule has 0 aliphatic heterocycles. The molecule has 0 saturated heterocycles. The summed E-state index contributed by atoms with van der Waals surface area (Å²) >= 11 is 5.57. The minimum Gasteiger partial charge on any atom is -0.331 e. The molecule has 4 nitrogen and oxygen atoms in total. The van der Waals surface area contributed by atoms with E-state index in [0.29, 0.717) is 18.9 Å². The maximum absolute atomic E-state index is 14.3. The number of hydrogen-bond acceptors (Lipinski definition) is 2. The van der Waals surface area contributed by atoms with Gasteiger partial charge in [0, 0.05) is 18.2 Å². The molecular weight excluding hydrogens is 419 g/mol. The molecule has 3 rings (SSSR count). The molecule has 0 unspecified atom stereocenters. The number of carbonyl (C=O) groups is 1. The van der Waals surface area contributed by atoms with Gasteiger partial charge in [0.15, 0.2) is 0 Å². The SMILES string of the molecule is O=C(c1c(C(F)F)n[nH]c1F)N(Cc1c(C(F)(F)F)ccc(Cl)c1F)C1CC1. The third-order valence-electron chi connectivity index (χ3n) is 4.25. The Hall–Kier alpha value is -2.30. The molecule has 1 saturated carbocycles. The fraction of sp³-hybridized carbons (Fsp3) is 0.375. The normalized spacial score (nSPS) is 14.6. The van der Waals surface area contributed by atoms with E-state index < -0.39 is 70.3 Å². The van der Waals surface area contributed by atoms with Crippen LogP contribution in [-0.4, -0.2) is 27.0 Å². The van der Waals surface area contributed by atoms with Gasteiger partial charge in [0.1, 0.15) is 17.1 Å². The van der Waals surface area contributed by atoms with Crippen molar-refractivity contribution in [1.29, 1.82) is 0 Å². The van der Waals surface area contributed by atoms with Crippen LogP contribution >= 0.6 is 11.6 Å². The predicted molar refractivity (Wildman–Crippen MR) is 82.8 cm³/mol. The molecule has 1 aliphatic carbocycles. The van der Waals surface area contributed by atoms with Gasteiger partial charge in [-0.2, -0.15) is 22.7 Å². The van der Waals surface area contributed by atoms with Gasteiger partial charge in [0.2, 0.25) is 5.95 Å². The molecule has 0 atom stereocenters. The van der Waals surface area contributed by atoms with E-state index in [9.17, 15) is 35.5 Å². The first kappa shape index (κ1) is 20.4. The van der Waals surface area contributed by atoms with Crippen molar-refractivity contribution >= 4 is 17.5 Å². The Bertz CT molecular complexity index is 908. The molecule has 1 N–H and O–H groups in total. The van der Waals surface area contributed by atoms with Crippen LogP contribution in [0.2, 0.25) is 5.02 Å². The van der Waals surface area contributed by atoms with Gasteiger partial charge in [0.05, 0.1) is 10.6 Å². The fourth-order valence-corrected chi connectivity index (χ4v) is 2.95. The zero-order chi connectivity index (χ0) is 20.8. The van der Waals surface area contributed by atoms with Crippen LogP contribution in [-0.2, 0) is 12.7 Å². The average Bonchev–Trinajstić information content (AvgIpc) is 3.35. The van der Waals surface area contributed by atoms with Crippen LogP contribution in [0.1, 0.15) is 46.4 Å². The number of amides is 1. The van der Waals surface area contributed by atoms with E-state index in [1.54, 1.807) is 5.10 Å². The van der Waals surface area contributed by atoms with Gasteiger partial charge in [-0.25, -0.2) is 13.2 Å². The van der Waals surface area contributed by atoms with E-state index in [0.717, 1.165) is 11.0 Å². The van der Waals surface area contributed by atoms with Crippen molar-refractivity contribution < 1.29 is 35.5 Å². The summed E-state index contributed by atoms with van der Waals surface area (Å²) < 4.78 is 93.9. The van der Waals surface area contributed by atoms with Crippen LogP contribution in [0.15, 0.2) is 12.1 Å².